The van der Waals surface area contributed by atoms with Crippen molar-refractivity contribution in [2.45, 2.75) is 9.79 Å². The second-order valence-electron chi connectivity index (χ2n) is 13.2. The highest BCUT2D eigenvalue weighted by molar-refractivity contribution is 7.99. The van der Waals surface area contributed by atoms with E-state index in [0.29, 0.717) is 17.5 Å². The minimum atomic E-state index is 0.657. The van der Waals surface area contributed by atoms with E-state index >= 15 is 0 Å². The molecule has 0 bridgehead atoms. The van der Waals surface area contributed by atoms with Gasteiger partial charge in [0.1, 0.15) is 0 Å². The quantitative estimate of drug-likeness (QED) is 0.186. The summed E-state index contributed by atoms with van der Waals surface area (Å²) in [6.07, 6.45) is 0. The van der Waals surface area contributed by atoms with E-state index in [2.05, 4.69) is 156 Å². The predicted octanol–water partition coefficient (Wildman–Crippen LogP) is 12.4. The fourth-order valence-electron chi connectivity index (χ4n) is 7.82. The number of para-hydroxylation sites is 2. The van der Waals surface area contributed by atoms with Crippen LogP contribution in [-0.2, 0) is 0 Å². The van der Waals surface area contributed by atoms with Crippen LogP contribution in [-0.4, -0.2) is 19.5 Å². The second kappa shape index (κ2) is 11.5. The van der Waals surface area contributed by atoms with E-state index in [4.69, 9.17) is 15.0 Å². The summed E-state index contributed by atoms with van der Waals surface area (Å²) in [7, 11) is 0. The summed E-state index contributed by atoms with van der Waals surface area (Å²) in [6.45, 7) is 0. The van der Waals surface area contributed by atoms with Crippen LogP contribution in [0.5, 0.6) is 0 Å². The molecule has 4 nitrogen and oxygen atoms in total. The van der Waals surface area contributed by atoms with Crippen LogP contribution in [0.1, 0.15) is 0 Å². The lowest BCUT2D eigenvalue weighted by Crippen LogP contribution is -2.02. The van der Waals surface area contributed by atoms with E-state index in [1.165, 1.54) is 53.5 Å². The summed E-state index contributed by atoms with van der Waals surface area (Å²) in [6, 6.07) is 60.3. The van der Waals surface area contributed by atoms with Gasteiger partial charge >= 0.3 is 0 Å². The number of hydrogen-bond donors (Lipinski definition) is 0. The van der Waals surface area contributed by atoms with Crippen molar-refractivity contribution in [1.82, 2.24) is 19.5 Å². The predicted molar refractivity (Wildman–Crippen MR) is 215 cm³/mol. The van der Waals surface area contributed by atoms with Crippen molar-refractivity contribution in [2.24, 2.45) is 0 Å². The van der Waals surface area contributed by atoms with Gasteiger partial charge < -0.3 is 4.57 Å². The van der Waals surface area contributed by atoms with Crippen molar-refractivity contribution in [3.8, 4) is 51.0 Å². The molecular formula is C47H28N4S. The van der Waals surface area contributed by atoms with Gasteiger partial charge in [-0.2, -0.15) is 0 Å². The maximum absolute atomic E-state index is 5.18. The molecule has 0 atom stereocenters. The van der Waals surface area contributed by atoms with Crippen molar-refractivity contribution >= 4 is 55.1 Å². The standard InChI is InChI=1S/C47H28N4S/c1-2-12-30(13-3-1)45-48-46(32-22-21-29-11-4-5-14-31(29)27-32)50-47(49-45)38-24-26-43-44-36(38)17-10-18-37(44)39-28-33(23-25-42(39)52-43)51-40-19-8-6-15-34(40)35-16-7-9-20-41(35)51/h1-28H. The molecular weight excluding hydrogens is 653 g/mol. The highest BCUT2D eigenvalue weighted by Gasteiger charge is 2.24. The SMILES string of the molecule is c1ccc(-c2nc(-c3ccc4ccccc4c3)nc(-c3ccc4c5c(cccc35)-c3cc(-n5c6ccccc6c6ccccc65)ccc3S4)n2)cc1. The lowest BCUT2D eigenvalue weighted by Gasteiger charge is -2.22. The molecule has 3 heterocycles. The van der Waals surface area contributed by atoms with Gasteiger partial charge in [-0.1, -0.05) is 133 Å². The van der Waals surface area contributed by atoms with Gasteiger partial charge in [0.05, 0.1) is 11.0 Å². The molecule has 5 heteroatoms. The van der Waals surface area contributed by atoms with Crippen LogP contribution in [0.2, 0.25) is 0 Å². The molecule has 0 N–H and O–H groups in total. The minimum Gasteiger partial charge on any atom is -0.309 e. The number of hydrogen-bond acceptors (Lipinski definition) is 4. The number of rotatable bonds is 4. The van der Waals surface area contributed by atoms with Gasteiger partial charge in [-0.3, -0.25) is 0 Å². The molecule has 1 aliphatic rings. The van der Waals surface area contributed by atoms with E-state index in [1.54, 1.807) is 0 Å². The second-order valence-corrected chi connectivity index (χ2v) is 14.3. The Morgan fingerprint density at radius 1 is 0.385 bits per heavy atom. The van der Waals surface area contributed by atoms with E-state index in [0.717, 1.165) is 33.2 Å². The van der Waals surface area contributed by atoms with Gasteiger partial charge in [0.15, 0.2) is 17.5 Å². The van der Waals surface area contributed by atoms with Gasteiger partial charge in [-0.15, -0.1) is 0 Å². The number of benzene rings is 8. The molecule has 0 amide bonds. The third kappa shape index (κ3) is 4.53. The Morgan fingerprint density at radius 3 is 1.85 bits per heavy atom. The van der Waals surface area contributed by atoms with E-state index < -0.39 is 0 Å². The Balaban J connectivity index is 1.11. The number of fused-ring (bicyclic) bond motifs is 6. The van der Waals surface area contributed by atoms with Crippen LogP contribution in [0.15, 0.2) is 180 Å². The maximum Gasteiger partial charge on any atom is 0.164 e. The molecule has 0 radical (unpaired) electrons. The van der Waals surface area contributed by atoms with Crippen LogP contribution < -0.4 is 0 Å². The maximum atomic E-state index is 5.18. The van der Waals surface area contributed by atoms with Crippen molar-refractivity contribution in [3.63, 3.8) is 0 Å². The van der Waals surface area contributed by atoms with Crippen molar-refractivity contribution < 1.29 is 0 Å². The van der Waals surface area contributed by atoms with Crippen LogP contribution in [0.25, 0.3) is 94.3 Å². The fourth-order valence-corrected chi connectivity index (χ4v) is 8.93. The summed E-state index contributed by atoms with van der Waals surface area (Å²) in [5.41, 5.74) is 8.93. The van der Waals surface area contributed by atoms with Gasteiger partial charge in [0.2, 0.25) is 0 Å². The average molecular weight is 681 g/mol. The Hall–Kier alpha value is -6.56. The highest BCUT2D eigenvalue weighted by Crippen LogP contribution is 2.50. The molecule has 0 fully saturated rings. The van der Waals surface area contributed by atoms with Crippen molar-refractivity contribution in [2.75, 3.05) is 0 Å². The third-order valence-corrected chi connectivity index (χ3v) is 11.4. The first kappa shape index (κ1) is 29.2. The monoisotopic (exact) mass is 680 g/mol. The zero-order valence-corrected chi connectivity index (χ0v) is 28.7. The minimum absolute atomic E-state index is 0.657. The van der Waals surface area contributed by atoms with Gasteiger partial charge in [-0.25, -0.2) is 15.0 Å². The topological polar surface area (TPSA) is 43.6 Å². The van der Waals surface area contributed by atoms with Crippen LogP contribution in [0, 0.1) is 0 Å². The van der Waals surface area contributed by atoms with Crippen LogP contribution in [0.3, 0.4) is 0 Å². The molecule has 11 rings (SSSR count). The Labute approximate surface area is 304 Å². The smallest absolute Gasteiger partial charge is 0.164 e. The number of aromatic nitrogens is 4. The lowest BCUT2D eigenvalue weighted by molar-refractivity contribution is 1.08. The molecule has 10 aromatic rings. The first-order valence-corrected chi connectivity index (χ1v) is 18.3. The van der Waals surface area contributed by atoms with Crippen LogP contribution in [0.4, 0.5) is 0 Å². The van der Waals surface area contributed by atoms with Crippen molar-refractivity contribution in [1.29, 1.82) is 0 Å². The molecule has 0 saturated heterocycles. The Bertz CT molecular complexity index is 3000. The molecule has 0 aliphatic carbocycles. The van der Waals surface area contributed by atoms with Crippen molar-refractivity contribution in [3.05, 3.63) is 170 Å². The first-order chi connectivity index (χ1) is 25.8. The molecule has 8 aromatic carbocycles. The van der Waals surface area contributed by atoms with Crippen LogP contribution >= 0.6 is 11.8 Å². The summed E-state index contributed by atoms with van der Waals surface area (Å²) < 4.78 is 2.39. The first-order valence-electron chi connectivity index (χ1n) is 17.4. The van der Waals surface area contributed by atoms with E-state index in [9.17, 15) is 0 Å². The Kier molecular flexibility index (Phi) is 6.45. The van der Waals surface area contributed by atoms with E-state index in [-0.39, 0.29) is 0 Å². The zero-order chi connectivity index (χ0) is 34.2. The van der Waals surface area contributed by atoms with Gasteiger partial charge in [0.25, 0.3) is 0 Å². The number of nitrogens with zero attached hydrogens (tertiary/aromatic N) is 4. The van der Waals surface area contributed by atoms with Gasteiger partial charge in [0, 0.05) is 48.3 Å². The summed E-state index contributed by atoms with van der Waals surface area (Å²) in [5, 5.41) is 7.22. The molecule has 0 unspecified atom stereocenters. The lowest BCUT2D eigenvalue weighted by atomic mass is 9.94. The summed E-state index contributed by atoms with van der Waals surface area (Å²) in [5.74, 6) is 1.98. The van der Waals surface area contributed by atoms with Gasteiger partial charge in [-0.05, 0) is 75.8 Å². The molecule has 2 aromatic heterocycles. The average Bonchev–Trinajstić information content (AvgIpc) is 3.55. The normalized spacial score (nSPS) is 12.2. The zero-order valence-electron chi connectivity index (χ0n) is 27.9. The molecule has 1 aliphatic heterocycles. The largest absolute Gasteiger partial charge is 0.309 e. The third-order valence-electron chi connectivity index (χ3n) is 10.2. The Morgan fingerprint density at radius 2 is 1.04 bits per heavy atom. The highest BCUT2D eigenvalue weighted by atomic mass is 32.2. The molecule has 52 heavy (non-hydrogen) atoms. The molecule has 0 saturated carbocycles. The molecule has 242 valence electrons. The summed E-state index contributed by atoms with van der Waals surface area (Å²) in [4.78, 5) is 17.8. The molecule has 0 spiro atoms. The fraction of sp³-hybridized carbons (Fsp3) is 0. The summed E-state index contributed by atoms with van der Waals surface area (Å²) >= 11 is 1.83. The van der Waals surface area contributed by atoms with E-state index in [1.807, 2.05) is 30.0 Å².